The molecule has 3 rings (SSSR count). The molecule has 3 heterocycles. The van der Waals surface area contributed by atoms with Crippen LogP contribution in [-0.2, 0) is 21.3 Å². The van der Waals surface area contributed by atoms with Gasteiger partial charge in [-0.25, -0.2) is 13.1 Å². The Morgan fingerprint density at radius 3 is 2.95 bits per heavy atom. The van der Waals surface area contributed by atoms with E-state index in [2.05, 4.69) is 10.0 Å². The van der Waals surface area contributed by atoms with E-state index in [1.54, 1.807) is 6.07 Å². The van der Waals surface area contributed by atoms with Gasteiger partial charge in [0.05, 0.1) is 18.2 Å². The lowest BCUT2D eigenvalue weighted by molar-refractivity contribution is 0.0996. The first kappa shape index (κ1) is 14.5. The Balaban J connectivity index is 1.67. The summed E-state index contributed by atoms with van der Waals surface area (Å²) in [7, 11) is -3.41. The first-order valence-corrected chi connectivity index (χ1v) is 9.40. The predicted octanol–water partition coefficient (Wildman–Crippen LogP) is 1.46. The maximum absolute atomic E-state index is 12.4. The average molecular weight is 316 g/mol. The number of fused-ring (bicyclic) bond motifs is 2. The highest BCUT2D eigenvalue weighted by molar-refractivity contribution is 7.91. The molecule has 20 heavy (non-hydrogen) atoms. The summed E-state index contributed by atoms with van der Waals surface area (Å²) in [6, 6.07) is 1.70. The average Bonchev–Trinajstić information content (AvgIpc) is 3.11. The van der Waals surface area contributed by atoms with E-state index in [1.165, 1.54) is 11.3 Å². The number of ether oxygens (including phenoxy) is 1. The highest BCUT2D eigenvalue weighted by atomic mass is 32.2. The van der Waals surface area contributed by atoms with Crippen molar-refractivity contribution in [2.45, 2.75) is 55.2 Å². The van der Waals surface area contributed by atoms with Gasteiger partial charge >= 0.3 is 0 Å². The maximum atomic E-state index is 12.4. The minimum Gasteiger partial charge on any atom is -0.373 e. The molecule has 5 nitrogen and oxygen atoms in total. The first-order valence-electron chi connectivity index (χ1n) is 7.04. The smallest absolute Gasteiger partial charge is 0.250 e. The Morgan fingerprint density at radius 1 is 1.45 bits per heavy atom. The summed E-state index contributed by atoms with van der Waals surface area (Å²) in [5.74, 6) is 0. The van der Waals surface area contributed by atoms with Gasteiger partial charge in [-0.15, -0.1) is 11.3 Å². The molecule has 0 saturated carbocycles. The van der Waals surface area contributed by atoms with Crippen molar-refractivity contribution in [1.82, 2.24) is 10.0 Å². The number of rotatable bonds is 6. The molecule has 0 aliphatic carbocycles. The zero-order chi connectivity index (χ0) is 14.2. The van der Waals surface area contributed by atoms with Crippen molar-refractivity contribution in [3.05, 3.63) is 17.0 Å². The largest absolute Gasteiger partial charge is 0.373 e. The minimum absolute atomic E-state index is 0.0573. The third-order valence-corrected chi connectivity index (χ3v) is 6.86. The highest BCUT2D eigenvalue weighted by Crippen LogP contribution is 2.35. The van der Waals surface area contributed by atoms with Gasteiger partial charge in [0.15, 0.2) is 0 Å². The van der Waals surface area contributed by atoms with Gasteiger partial charge in [-0.3, -0.25) is 0 Å². The summed E-state index contributed by atoms with van der Waals surface area (Å²) in [6.45, 7) is 3.61. The molecule has 2 saturated heterocycles. The molecule has 2 bridgehead atoms. The molecule has 1 aromatic rings. The molecule has 3 atom stereocenters. The van der Waals surface area contributed by atoms with E-state index in [0.717, 1.165) is 31.4 Å². The second kappa shape index (κ2) is 5.73. The summed E-state index contributed by atoms with van der Waals surface area (Å²) in [4.78, 5) is 0. The molecule has 112 valence electrons. The molecule has 1 aromatic heterocycles. The van der Waals surface area contributed by atoms with E-state index in [4.69, 9.17) is 4.74 Å². The van der Waals surface area contributed by atoms with Crippen LogP contribution in [0.2, 0.25) is 0 Å². The van der Waals surface area contributed by atoms with Crippen molar-refractivity contribution in [2.24, 2.45) is 0 Å². The second-order valence-corrected chi connectivity index (χ2v) is 8.24. The topological polar surface area (TPSA) is 67.4 Å². The van der Waals surface area contributed by atoms with Crippen molar-refractivity contribution >= 4 is 21.4 Å². The quantitative estimate of drug-likeness (QED) is 0.834. The van der Waals surface area contributed by atoms with Crippen LogP contribution < -0.4 is 10.0 Å². The Morgan fingerprint density at radius 2 is 2.30 bits per heavy atom. The van der Waals surface area contributed by atoms with Crippen LogP contribution in [0.1, 0.15) is 31.7 Å². The van der Waals surface area contributed by atoms with E-state index in [1.807, 2.05) is 12.3 Å². The van der Waals surface area contributed by atoms with Crippen LogP contribution in [0.3, 0.4) is 0 Å². The molecule has 2 aliphatic heterocycles. The van der Waals surface area contributed by atoms with Gasteiger partial charge in [0.1, 0.15) is 4.21 Å². The van der Waals surface area contributed by atoms with Crippen molar-refractivity contribution in [3.8, 4) is 0 Å². The highest BCUT2D eigenvalue weighted by Gasteiger charge is 2.42. The monoisotopic (exact) mass is 316 g/mol. The van der Waals surface area contributed by atoms with Crippen LogP contribution >= 0.6 is 11.3 Å². The second-order valence-electron chi connectivity index (χ2n) is 5.39. The van der Waals surface area contributed by atoms with Crippen LogP contribution in [0.4, 0.5) is 0 Å². The first-order chi connectivity index (χ1) is 9.58. The fourth-order valence-corrected chi connectivity index (χ4v) is 5.38. The Bertz CT molecular complexity index is 570. The lowest BCUT2D eigenvalue weighted by Gasteiger charge is -2.19. The normalized spacial score (nSPS) is 29.1. The van der Waals surface area contributed by atoms with Crippen molar-refractivity contribution < 1.29 is 13.2 Å². The fourth-order valence-electron chi connectivity index (χ4n) is 2.88. The van der Waals surface area contributed by atoms with Gasteiger partial charge in [-0.05, 0) is 42.8 Å². The maximum Gasteiger partial charge on any atom is 0.250 e. The molecule has 0 spiro atoms. The molecule has 2 N–H and O–H groups in total. The standard InChI is InChI=1S/C13H20N2O3S2/c1-2-14-7-9-5-13(19-8-9)20(16,17)15-11-6-10-3-4-12(11)18-10/h5,8,10-12,14-15H,2-4,6-7H2,1H3. The summed E-state index contributed by atoms with van der Waals surface area (Å²) >= 11 is 1.28. The van der Waals surface area contributed by atoms with Gasteiger partial charge in [0, 0.05) is 6.54 Å². The van der Waals surface area contributed by atoms with Gasteiger partial charge in [-0.2, -0.15) is 0 Å². The lowest BCUT2D eigenvalue weighted by atomic mass is 9.96. The van der Waals surface area contributed by atoms with Crippen LogP contribution in [0.15, 0.2) is 15.7 Å². The third-order valence-electron chi connectivity index (χ3n) is 3.89. The summed E-state index contributed by atoms with van der Waals surface area (Å²) < 4.78 is 33.6. The number of sulfonamides is 1. The fraction of sp³-hybridized carbons (Fsp3) is 0.692. The summed E-state index contributed by atoms with van der Waals surface area (Å²) in [5.41, 5.74) is 1.02. The molecule has 2 aliphatic rings. The number of hydrogen-bond acceptors (Lipinski definition) is 5. The number of hydrogen-bond donors (Lipinski definition) is 2. The zero-order valence-corrected chi connectivity index (χ0v) is 13.1. The van der Waals surface area contributed by atoms with Crippen molar-refractivity contribution in [2.75, 3.05) is 6.54 Å². The molecule has 0 amide bonds. The summed E-state index contributed by atoms with van der Waals surface area (Å²) in [6.07, 6.45) is 3.15. The van der Waals surface area contributed by atoms with Crippen LogP contribution in [-0.4, -0.2) is 33.2 Å². The van der Waals surface area contributed by atoms with E-state index in [-0.39, 0.29) is 18.2 Å². The number of thiophene rings is 1. The lowest BCUT2D eigenvalue weighted by Crippen LogP contribution is -2.41. The Kier molecular flexibility index (Phi) is 4.14. The van der Waals surface area contributed by atoms with E-state index in [0.29, 0.717) is 10.8 Å². The Hall–Kier alpha value is -0.470. The molecular weight excluding hydrogens is 296 g/mol. The minimum atomic E-state index is -3.41. The predicted molar refractivity (Wildman–Crippen MR) is 78.3 cm³/mol. The summed E-state index contributed by atoms with van der Waals surface area (Å²) in [5, 5.41) is 5.09. The van der Waals surface area contributed by atoms with Crippen LogP contribution in [0, 0.1) is 0 Å². The zero-order valence-electron chi connectivity index (χ0n) is 11.5. The van der Waals surface area contributed by atoms with Crippen LogP contribution in [0.25, 0.3) is 0 Å². The van der Waals surface area contributed by atoms with Gasteiger partial charge < -0.3 is 10.1 Å². The Labute approximate surface area is 123 Å². The van der Waals surface area contributed by atoms with Gasteiger partial charge in [-0.1, -0.05) is 6.92 Å². The molecule has 3 unspecified atom stereocenters. The van der Waals surface area contributed by atoms with Gasteiger partial charge in [0.25, 0.3) is 0 Å². The molecule has 7 heteroatoms. The van der Waals surface area contributed by atoms with E-state index < -0.39 is 10.0 Å². The van der Waals surface area contributed by atoms with Crippen molar-refractivity contribution in [3.63, 3.8) is 0 Å². The number of nitrogens with one attached hydrogen (secondary N) is 2. The molecule has 2 fully saturated rings. The van der Waals surface area contributed by atoms with E-state index >= 15 is 0 Å². The molecular formula is C13H20N2O3S2. The van der Waals surface area contributed by atoms with E-state index in [9.17, 15) is 8.42 Å². The van der Waals surface area contributed by atoms with Crippen molar-refractivity contribution in [1.29, 1.82) is 0 Å². The molecule has 0 radical (unpaired) electrons. The van der Waals surface area contributed by atoms with Crippen LogP contribution in [0.5, 0.6) is 0 Å². The van der Waals surface area contributed by atoms with Gasteiger partial charge in [0.2, 0.25) is 10.0 Å². The molecule has 0 aromatic carbocycles. The third kappa shape index (κ3) is 2.92. The SMILES string of the molecule is CCNCc1csc(S(=O)(=O)NC2CC3CCC2O3)c1.